The van der Waals surface area contributed by atoms with E-state index in [4.69, 9.17) is 4.74 Å². The van der Waals surface area contributed by atoms with Crippen LogP contribution in [0.3, 0.4) is 0 Å². The molecule has 132 valence electrons. The van der Waals surface area contributed by atoms with Crippen molar-refractivity contribution in [3.8, 4) is 22.6 Å². The second kappa shape index (κ2) is 8.20. The maximum absolute atomic E-state index is 5.98. The molecule has 0 spiro atoms. The van der Waals surface area contributed by atoms with Gasteiger partial charge in [-0.1, -0.05) is 87.4 Å². The van der Waals surface area contributed by atoms with E-state index in [9.17, 15) is 0 Å². The smallest absolute Gasteiger partial charge is 0.127 e. The summed E-state index contributed by atoms with van der Waals surface area (Å²) in [5, 5.41) is 2.71. The van der Waals surface area contributed by atoms with Gasteiger partial charge in [-0.2, -0.15) is 0 Å². The molecule has 2 heteroatoms. The minimum Gasteiger partial charge on any atom is -0.457 e. The van der Waals surface area contributed by atoms with Crippen molar-refractivity contribution in [3.05, 3.63) is 109 Å². The topological polar surface area (TPSA) is 9.23 Å². The molecule has 0 heterocycles. The first-order valence-corrected chi connectivity index (χ1v) is 10.0. The number of hydrogen-bond acceptors (Lipinski definition) is 1. The molecule has 4 rings (SSSR count). The molecule has 0 aromatic heterocycles. The summed E-state index contributed by atoms with van der Waals surface area (Å²) in [7, 11) is 0.643. The van der Waals surface area contributed by atoms with Crippen LogP contribution in [0.25, 0.3) is 11.1 Å². The molecule has 0 saturated carbocycles. The van der Waals surface area contributed by atoms with E-state index in [0.717, 1.165) is 11.5 Å². The Morgan fingerprint density at radius 1 is 0.630 bits per heavy atom. The van der Waals surface area contributed by atoms with E-state index in [1.165, 1.54) is 27.3 Å². The zero-order chi connectivity index (χ0) is 18.5. The van der Waals surface area contributed by atoms with Crippen molar-refractivity contribution in [2.45, 2.75) is 6.92 Å². The average Bonchev–Trinajstić information content (AvgIpc) is 2.70. The molecule has 0 radical (unpaired) electrons. The molecule has 0 N–H and O–H groups in total. The van der Waals surface area contributed by atoms with Gasteiger partial charge in [-0.3, -0.25) is 0 Å². The van der Waals surface area contributed by atoms with Crippen molar-refractivity contribution >= 4 is 19.2 Å². The maximum atomic E-state index is 5.98. The van der Waals surface area contributed by atoms with E-state index in [1.807, 2.05) is 30.3 Å². The molecule has 0 aliphatic carbocycles. The van der Waals surface area contributed by atoms with Gasteiger partial charge in [0, 0.05) is 0 Å². The summed E-state index contributed by atoms with van der Waals surface area (Å²) in [5.41, 5.74) is 3.69. The Balaban J connectivity index is 1.57. The van der Waals surface area contributed by atoms with E-state index in [0.29, 0.717) is 8.58 Å². The van der Waals surface area contributed by atoms with Gasteiger partial charge in [-0.15, -0.1) is 0 Å². The fraction of sp³-hybridized carbons (Fsp3) is 0.0400. The molecule has 1 nitrogen and oxygen atoms in total. The monoisotopic (exact) mass is 368 g/mol. The van der Waals surface area contributed by atoms with Crippen LogP contribution in [0, 0.1) is 6.92 Å². The molecule has 1 atom stereocenters. The number of aryl methyl sites for hydroxylation is 1. The number of benzene rings is 4. The minimum absolute atomic E-state index is 0.643. The number of hydrogen-bond donors (Lipinski definition) is 0. The summed E-state index contributed by atoms with van der Waals surface area (Å²) >= 11 is 0. The lowest BCUT2D eigenvalue weighted by atomic mass is 10.1. The zero-order valence-electron chi connectivity index (χ0n) is 15.2. The average molecular weight is 368 g/mol. The second-order valence-electron chi connectivity index (χ2n) is 6.48. The molecule has 27 heavy (non-hydrogen) atoms. The van der Waals surface area contributed by atoms with Crippen LogP contribution in [0.2, 0.25) is 0 Å². The van der Waals surface area contributed by atoms with Crippen LogP contribution in [0.5, 0.6) is 11.5 Å². The lowest BCUT2D eigenvalue weighted by Gasteiger charge is -2.11. The second-order valence-corrected chi connectivity index (χ2v) is 7.85. The largest absolute Gasteiger partial charge is 0.457 e. The van der Waals surface area contributed by atoms with Crippen molar-refractivity contribution in [1.29, 1.82) is 0 Å². The highest BCUT2D eigenvalue weighted by Gasteiger charge is 2.06. The van der Waals surface area contributed by atoms with Gasteiger partial charge >= 0.3 is 0 Å². The van der Waals surface area contributed by atoms with Crippen molar-refractivity contribution < 1.29 is 4.74 Å². The normalized spacial score (nSPS) is 11.0. The first-order valence-electron chi connectivity index (χ1n) is 9.04. The summed E-state index contributed by atoms with van der Waals surface area (Å²) in [4.78, 5) is 0. The Morgan fingerprint density at radius 3 is 2.15 bits per heavy atom. The summed E-state index contributed by atoms with van der Waals surface area (Å²) in [6.45, 7) is 2.07. The third-order valence-corrected chi connectivity index (χ3v) is 5.70. The molecule has 0 aliphatic heterocycles. The number of ether oxygens (including phenoxy) is 1. The highest BCUT2D eigenvalue weighted by atomic mass is 31.1. The summed E-state index contributed by atoms with van der Waals surface area (Å²) in [6, 6.07) is 35.7. The first kappa shape index (κ1) is 17.5. The van der Waals surface area contributed by atoms with Gasteiger partial charge in [0.2, 0.25) is 0 Å². The Bertz CT molecular complexity index is 1020. The predicted molar refractivity (Wildman–Crippen MR) is 117 cm³/mol. The Hall–Kier alpha value is -2.89. The van der Waals surface area contributed by atoms with E-state index >= 15 is 0 Å². The van der Waals surface area contributed by atoms with Gasteiger partial charge in [0.05, 0.1) is 0 Å². The summed E-state index contributed by atoms with van der Waals surface area (Å²) in [5.74, 6) is 1.72. The predicted octanol–water partition coefficient (Wildman–Crippen LogP) is 6.08. The van der Waals surface area contributed by atoms with Gasteiger partial charge in [0.15, 0.2) is 0 Å². The molecule has 0 amide bonds. The Labute approximate surface area is 162 Å². The van der Waals surface area contributed by atoms with E-state index in [1.54, 1.807) is 0 Å². The van der Waals surface area contributed by atoms with Gasteiger partial charge in [-0.05, 0) is 58.5 Å². The highest BCUT2D eigenvalue weighted by molar-refractivity contribution is 7.55. The molecule has 0 bridgehead atoms. The third kappa shape index (κ3) is 4.45. The van der Waals surface area contributed by atoms with Crippen LogP contribution in [-0.4, -0.2) is 0 Å². The fourth-order valence-corrected chi connectivity index (χ4v) is 4.25. The van der Waals surface area contributed by atoms with Crippen molar-refractivity contribution in [1.82, 2.24) is 0 Å². The molecule has 4 aromatic carbocycles. The lowest BCUT2D eigenvalue weighted by Crippen LogP contribution is -2.05. The van der Waals surface area contributed by atoms with Crippen molar-refractivity contribution in [3.63, 3.8) is 0 Å². The SMILES string of the molecule is Cc1cccc(Oc2ccc(-c3ccccc3Pc3ccccc3)cc2)c1. The standard InChI is InChI=1S/C25H21OP/c1-19-8-7-9-22(18-19)26-21-16-14-20(15-17-21)24-12-5-6-13-25(24)27-23-10-3-2-4-11-23/h2-18,27H,1H3. The molecule has 0 saturated heterocycles. The zero-order valence-corrected chi connectivity index (χ0v) is 16.2. The molecular weight excluding hydrogens is 347 g/mol. The fourth-order valence-electron chi connectivity index (χ4n) is 3.04. The Kier molecular flexibility index (Phi) is 5.32. The van der Waals surface area contributed by atoms with Gasteiger partial charge < -0.3 is 4.74 Å². The van der Waals surface area contributed by atoms with Crippen LogP contribution < -0.4 is 15.3 Å². The number of rotatable bonds is 5. The third-order valence-electron chi connectivity index (χ3n) is 4.37. The van der Waals surface area contributed by atoms with Gasteiger partial charge in [0.1, 0.15) is 11.5 Å². The van der Waals surface area contributed by atoms with Gasteiger partial charge in [-0.25, -0.2) is 0 Å². The van der Waals surface area contributed by atoms with E-state index in [-0.39, 0.29) is 0 Å². The van der Waals surface area contributed by atoms with Crippen LogP contribution in [0.1, 0.15) is 5.56 Å². The van der Waals surface area contributed by atoms with E-state index < -0.39 is 0 Å². The van der Waals surface area contributed by atoms with Crippen LogP contribution in [0.4, 0.5) is 0 Å². The summed E-state index contributed by atoms with van der Waals surface area (Å²) in [6.07, 6.45) is 0. The molecule has 4 aromatic rings. The van der Waals surface area contributed by atoms with Crippen LogP contribution >= 0.6 is 8.58 Å². The quantitative estimate of drug-likeness (QED) is 0.388. The first-order chi connectivity index (χ1) is 13.3. The molecule has 0 fully saturated rings. The molecular formula is C25H21OP. The highest BCUT2D eigenvalue weighted by Crippen LogP contribution is 2.27. The Morgan fingerprint density at radius 2 is 1.37 bits per heavy atom. The van der Waals surface area contributed by atoms with Gasteiger partial charge in [0.25, 0.3) is 0 Å². The summed E-state index contributed by atoms with van der Waals surface area (Å²) < 4.78 is 5.98. The van der Waals surface area contributed by atoms with Crippen molar-refractivity contribution in [2.24, 2.45) is 0 Å². The van der Waals surface area contributed by atoms with Crippen molar-refractivity contribution in [2.75, 3.05) is 0 Å². The molecule has 1 unspecified atom stereocenters. The minimum atomic E-state index is 0.643. The van der Waals surface area contributed by atoms with E-state index in [2.05, 4.69) is 79.7 Å². The molecule has 0 aliphatic rings. The lowest BCUT2D eigenvalue weighted by molar-refractivity contribution is 0.482. The van der Waals surface area contributed by atoms with Crippen LogP contribution in [-0.2, 0) is 0 Å². The maximum Gasteiger partial charge on any atom is 0.127 e. The van der Waals surface area contributed by atoms with Crippen LogP contribution in [0.15, 0.2) is 103 Å².